The Kier molecular flexibility index (Phi) is 4.27. The fourth-order valence-electron chi connectivity index (χ4n) is 2.23. The summed E-state index contributed by atoms with van der Waals surface area (Å²) in [4.78, 5) is 31.3. The van der Waals surface area contributed by atoms with Gasteiger partial charge in [-0.2, -0.15) is 0 Å². The first-order chi connectivity index (χ1) is 10.0. The molecule has 0 spiro atoms. The number of primary amides is 2. The zero-order chi connectivity index (χ0) is 15.4. The van der Waals surface area contributed by atoms with E-state index in [9.17, 15) is 9.59 Å². The molecule has 1 unspecified atom stereocenters. The zero-order valence-corrected chi connectivity index (χ0v) is 11.6. The first-order valence-electron chi connectivity index (χ1n) is 6.49. The second-order valence-electron chi connectivity index (χ2n) is 4.77. The van der Waals surface area contributed by atoms with Crippen molar-refractivity contribution in [1.82, 2.24) is 9.97 Å². The van der Waals surface area contributed by atoms with Gasteiger partial charge in [-0.05, 0) is 30.7 Å². The highest BCUT2D eigenvalue weighted by Gasteiger charge is 2.18. The Bertz CT molecular complexity index is 685. The average Bonchev–Trinajstić information content (AvgIpc) is 2.47. The molecule has 0 saturated heterocycles. The zero-order valence-electron chi connectivity index (χ0n) is 11.6. The summed E-state index contributed by atoms with van der Waals surface area (Å²) in [5, 5.41) is 0. The number of amides is 2. The van der Waals surface area contributed by atoms with Crippen LogP contribution in [0.1, 0.15) is 44.9 Å². The number of pyridine rings is 2. The summed E-state index contributed by atoms with van der Waals surface area (Å²) in [5.74, 6) is -1.18. The summed E-state index contributed by atoms with van der Waals surface area (Å²) in [6.07, 6.45) is 3.64. The molecule has 2 rings (SSSR count). The summed E-state index contributed by atoms with van der Waals surface area (Å²) < 4.78 is 0. The van der Waals surface area contributed by atoms with Crippen LogP contribution in [0.2, 0.25) is 0 Å². The number of nitrogens with two attached hydrogens (primary N) is 2. The van der Waals surface area contributed by atoms with Crippen LogP contribution in [0.25, 0.3) is 0 Å². The van der Waals surface area contributed by atoms with Crippen LogP contribution in [0.15, 0.2) is 36.7 Å². The van der Waals surface area contributed by atoms with E-state index in [-0.39, 0.29) is 5.92 Å². The Morgan fingerprint density at radius 3 is 2.24 bits per heavy atom. The third-order valence-corrected chi connectivity index (χ3v) is 3.23. The quantitative estimate of drug-likeness (QED) is 0.853. The maximum absolute atomic E-state index is 11.4. The molecule has 6 heteroatoms. The minimum absolute atomic E-state index is 0.123. The lowest BCUT2D eigenvalue weighted by atomic mass is 9.94. The van der Waals surface area contributed by atoms with Gasteiger partial charge in [0.05, 0.1) is 22.5 Å². The first-order valence-corrected chi connectivity index (χ1v) is 6.49. The van der Waals surface area contributed by atoms with E-state index in [2.05, 4.69) is 9.97 Å². The third kappa shape index (κ3) is 3.22. The molecule has 6 nitrogen and oxygen atoms in total. The lowest BCUT2D eigenvalue weighted by Crippen LogP contribution is -2.19. The van der Waals surface area contributed by atoms with Crippen LogP contribution in [-0.2, 0) is 6.42 Å². The first kappa shape index (κ1) is 14.6. The van der Waals surface area contributed by atoms with Gasteiger partial charge in [-0.25, -0.2) is 0 Å². The fourth-order valence-corrected chi connectivity index (χ4v) is 2.23. The minimum Gasteiger partial charge on any atom is -0.366 e. The van der Waals surface area contributed by atoms with Gasteiger partial charge in [-0.3, -0.25) is 19.6 Å². The van der Waals surface area contributed by atoms with E-state index in [0.717, 1.165) is 0 Å². The molecular formula is C15H16N4O2. The number of rotatable bonds is 5. The van der Waals surface area contributed by atoms with Gasteiger partial charge >= 0.3 is 0 Å². The summed E-state index contributed by atoms with van der Waals surface area (Å²) in [5.41, 5.74) is 12.6. The number of carbonyl (C=O) groups is 2. The largest absolute Gasteiger partial charge is 0.366 e. The lowest BCUT2D eigenvalue weighted by Gasteiger charge is -2.14. The van der Waals surface area contributed by atoms with Gasteiger partial charge in [0.15, 0.2) is 0 Å². The molecule has 2 aromatic heterocycles. The molecule has 0 saturated carbocycles. The van der Waals surface area contributed by atoms with Gasteiger partial charge in [-0.1, -0.05) is 6.92 Å². The number of aromatic nitrogens is 2. The topological polar surface area (TPSA) is 112 Å². The van der Waals surface area contributed by atoms with Crippen molar-refractivity contribution in [3.63, 3.8) is 0 Å². The van der Waals surface area contributed by atoms with E-state index in [0.29, 0.717) is 28.9 Å². The molecule has 0 radical (unpaired) electrons. The Morgan fingerprint density at radius 1 is 1.05 bits per heavy atom. The highest BCUT2D eigenvalue weighted by molar-refractivity contribution is 5.94. The molecule has 0 fully saturated rings. The number of nitrogens with zero attached hydrogens (tertiary/aromatic N) is 2. The average molecular weight is 284 g/mol. The highest BCUT2D eigenvalue weighted by atomic mass is 16.1. The summed E-state index contributed by atoms with van der Waals surface area (Å²) in [7, 11) is 0. The summed E-state index contributed by atoms with van der Waals surface area (Å²) in [6, 6.07) is 6.58. The van der Waals surface area contributed by atoms with Crippen molar-refractivity contribution in [2.75, 3.05) is 0 Å². The fraction of sp³-hybridized carbons (Fsp3) is 0.200. The molecule has 4 N–H and O–H groups in total. The molecule has 21 heavy (non-hydrogen) atoms. The smallest absolute Gasteiger partial charge is 0.250 e. The molecule has 0 bridgehead atoms. The summed E-state index contributed by atoms with van der Waals surface area (Å²) >= 11 is 0. The molecule has 2 aromatic rings. The molecule has 1 atom stereocenters. The SMILES string of the molecule is CC(Cc1ncccc1C(N)=O)c1ncccc1C(N)=O. The van der Waals surface area contributed by atoms with Crippen LogP contribution < -0.4 is 11.5 Å². The van der Waals surface area contributed by atoms with Crippen molar-refractivity contribution in [3.8, 4) is 0 Å². The van der Waals surface area contributed by atoms with Crippen molar-refractivity contribution in [2.24, 2.45) is 11.5 Å². The maximum Gasteiger partial charge on any atom is 0.250 e. The van der Waals surface area contributed by atoms with Gasteiger partial charge in [-0.15, -0.1) is 0 Å². The van der Waals surface area contributed by atoms with E-state index < -0.39 is 11.8 Å². The normalized spacial score (nSPS) is 11.9. The number of hydrogen-bond acceptors (Lipinski definition) is 4. The van der Waals surface area contributed by atoms with E-state index in [4.69, 9.17) is 11.5 Å². The predicted octanol–water partition coefficient (Wildman–Crippen LogP) is 1.02. The molecule has 0 aliphatic carbocycles. The molecule has 108 valence electrons. The van der Waals surface area contributed by atoms with Gasteiger partial charge in [0, 0.05) is 18.3 Å². The second kappa shape index (κ2) is 6.13. The van der Waals surface area contributed by atoms with Crippen LogP contribution in [0, 0.1) is 0 Å². The van der Waals surface area contributed by atoms with Crippen LogP contribution in [0.3, 0.4) is 0 Å². The van der Waals surface area contributed by atoms with Crippen molar-refractivity contribution in [2.45, 2.75) is 19.3 Å². The van der Waals surface area contributed by atoms with E-state index >= 15 is 0 Å². The van der Waals surface area contributed by atoms with E-state index in [1.54, 1.807) is 36.7 Å². The predicted molar refractivity (Wildman–Crippen MR) is 77.6 cm³/mol. The van der Waals surface area contributed by atoms with Crippen LogP contribution >= 0.6 is 0 Å². The van der Waals surface area contributed by atoms with Crippen molar-refractivity contribution in [3.05, 3.63) is 59.2 Å². The minimum atomic E-state index is -0.527. The Labute approximate surface area is 122 Å². The van der Waals surface area contributed by atoms with Crippen molar-refractivity contribution in [1.29, 1.82) is 0 Å². The van der Waals surface area contributed by atoms with E-state index in [1.807, 2.05) is 6.92 Å². The van der Waals surface area contributed by atoms with Gasteiger partial charge in [0.2, 0.25) is 0 Å². The maximum atomic E-state index is 11.4. The lowest BCUT2D eigenvalue weighted by molar-refractivity contribution is 0.0989. The number of carbonyl (C=O) groups excluding carboxylic acids is 2. The molecular weight excluding hydrogens is 268 g/mol. The molecule has 2 heterocycles. The van der Waals surface area contributed by atoms with Gasteiger partial charge in [0.1, 0.15) is 0 Å². The Balaban J connectivity index is 2.33. The van der Waals surface area contributed by atoms with Crippen LogP contribution in [-0.4, -0.2) is 21.8 Å². The van der Waals surface area contributed by atoms with E-state index in [1.165, 1.54) is 0 Å². The van der Waals surface area contributed by atoms with Crippen molar-refractivity contribution < 1.29 is 9.59 Å². The summed E-state index contributed by atoms with van der Waals surface area (Å²) in [6.45, 7) is 1.90. The van der Waals surface area contributed by atoms with Gasteiger partial charge in [0.25, 0.3) is 11.8 Å². The molecule has 0 aliphatic rings. The van der Waals surface area contributed by atoms with Gasteiger partial charge < -0.3 is 11.5 Å². The van der Waals surface area contributed by atoms with Crippen LogP contribution in [0.4, 0.5) is 0 Å². The molecule has 0 aromatic carbocycles. The standard InChI is InChI=1S/C15H16N4O2/c1-9(13-11(15(17)21)5-3-7-19-13)8-12-10(14(16)20)4-2-6-18-12/h2-7,9H,8H2,1H3,(H2,16,20)(H2,17,21). The monoisotopic (exact) mass is 284 g/mol. The highest BCUT2D eigenvalue weighted by Crippen LogP contribution is 2.22. The Hall–Kier alpha value is -2.76. The molecule has 0 aliphatic heterocycles. The molecule has 2 amide bonds. The van der Waals surface area contributed by atoms with Crippen molar-refractivity contribution >= 4 is 11.8 Å². The Morgan fingerprint density at radius 2 is 1.62 bits per heavy atom. The second-order valence-corrected chi connectivity index (χ2v) is 4.77. The van der Waals surface area contributed by atoms with Crippen LogP contribution in [0.5, 0.6) is 0 Å². The third-order valence-electron chi connectivity index (χ3n) is 3.23. The number of hydrogen-bond donors (Lipinski definition) is 2.